The third kappa shape index (κ3) is 3.49. The highest BCUT2D eigenvalue weighted by Gasteiger charge is 1.98. The van der Waals surface area contributed by atoms with E-state index in [1.54, 1.807) is 7.11 Å². The summed E-state index contributed by atoms with van der Waals surface area (Å²) in [5.74, 6) is 1.61. The normalized spacial score (nSPS) is 10.0. The lowest BCUT2D eigenvalue weighted by molar-refractivity contribution is 0.303. The van der Waals surface area contributed by atoms with Gasteiger partial charge in [-0.3, -0.25) is 0 Å². The van der Waals surface area contributed by atoms with E-state index in [0.29, 0.717) is 6.61 Å². The van der Waals surface area contributed by atoms with Crippen molar-refractivity contribution in [1.82, 2.24) is 0 Å². The summed E-state index contributed by atoms with van der Waals surface area (Å²) in [4.78, 5) is 0. The molecule has 0 bridgehead atoms. The second-order valence-electron chi connectivity index (χ2n) is 3.60. The van der Waals surface area contributed by atoms with Crippen LogP contribution in [0.15, 0.2) is 53.0 Å². The number of benzene rings is 2. The van der Waals surface area contributed by atoms with Crippen molar-refractivity contribution in [3.05, 3.63) is 58.6 Å². The average molecular weight is 293 g/mol. The van der Waals surface area contributed by atoms with Crippen LogP contribution in [0.2, 0.25) is 0 Å². The number of methoxy groups -OCH3 is 1. The first-order chi connectivity index (χ1) is 8.28. The van der Waals surface area contributed by atoms with Crippen molar-refractivity contribution in [1.29, 1.82) is 0 Å². The van der Waals surface area contributed by atoms with E-state index in [1.807, 2.05) is 48.5 Å². The monoisotopic (exact) mass is 292 g/mol. The molecule has 0 amide bonds. The molecule has 0 aliphatic heterocycles. The Morgan fingerprint density at radius 2 is 1.76 bits per heavy atom. The maximum atomic E-state index is 5.69. The van der Waals surface area contributed by atoms with Crippen LogP contribution in [0.25, 0.3) is 0 Å². The molecule has 0 unspecified atom stereocenters. The average Bonchev–Trinajstić information content (AvgIpc) is 2.37. The Balaban J connectivity index is 2.02. The Morgan fingerprint density at radius 1 is 1.00 bits per heavy atom. The minimum Gasteiger partial charge on any atom is -0.497 e. The van der Waals surface area contributed by atoms with E-state index in [2.05, 4.69) is 15.9 Å². The van der Waals surface area contributed by atoms with Crippen molar-refractivity contribution >= 4 is 15.9 Å². The van der Waals surface area contributed by atoms with Crippen molar-refractivity contribution in [2.24, 2.45) is 0 Å². The summed E-state index contributed by atoms with van der Waals surface area (Å²) in [7, 11) is 1.65. The van der Waals surface area contributed by atoms with Gasteiger partial charge in [0.1, 0.15) is 18.1 Å². The van der Waals surface area contributed by atoms with Crippen LogP contribution in [0.5, 0.6) is 11.5 Å². The molecule has 0 saturated heterocycles. The number of hydrogen-bond acceptors (Lipinski definition) is 2. The van der Waals surface area contributed by atoms with E-state index in [4.69, 9.17) is 9.47 Å². The molecule has 3 heteroatoms. The van der Waals surface area contributed by atoms with E-state index in [-0.39, 0.29) is 0 Å². The van der Waals surface area contributed by atoms with E-state index in [0.717, 1.165) is 21.5 Å². The molecule has 0 atom stereocenters. The first-order valence-electron chi connectivity index (χ1n) is 5.29. The van der Waals surface area contributed by atoms with Gasteiger partial charge in [-0.25, -0.2) is 0 Å². The number of rotatable bonds is 4. The fourth-order valence-corrected chi connectivity index (χ4v) is 1.93. The third-order valence-electron chi connectivity index (χ3n) is 2.34. The zero-order chi connectivity index (χ0) is 12.1. The van der Waals surface area contributed by atoms with Gasteiger partial charge in [0.05, 0.1) is 7.11 Å². The van der Waals surface area contributed by atoms with Gasteiger partial charge in [0.15, 0.2) is 0 Å². The molecule has 0 fully saturated rings. The molecule has 2 aromatic rings. The number of halogens is 1. The molecule has 2 aromatic carbocycles. The van der Waals surface area contributed by atoms with E-state index in [9.17, 15) is 0 Å². The topological polar surface area (TPSA) is 18.5 Å². The maximum absolute atomic E-state index is 5.69. The standard InChI is InChI=1S/C14H13BrO2/c1-16-13-6-3-7-14(9-13)17-10-11-4-2-5-12(15)8-11/h2-9H,10H2,1H3. The SMILES string of the molecule is COc1cccc(OCc2cccc(Br)c2)c1. The van der Waals surface area contributed by atoms with E-state index < -0.39 is 0 Å². The molecule has 0 aromatic heterocycles. The highest BCUT2D eigenvalue weighted by molar-refractivity contribution is 9.10. The van der Waals surface area contributed by atoms with E-state index >= 15 is 0 Å². The van der Waals surface area contributed by atoms with Crippen molar-refractivity contribution in [2.45, 2.75) is 6.61 Å². The van der Waals surface area contributed by atoms with Gasteiger partial charge in [0, 0.05) is 10.5 Å². The minimum absolute atomic E-state index is 0.548. The summed E-state index contributed by atoms with van der Waals surface area (Å²) in [6.45, 7) is 0.548. The summed E-state index contributed by atoms with van der Waals surface area (Å²) in [6.07, 6.45) is 0. The Labute approximate surface area is 109 Å². The highest BCUT2D eigenvalue weighted by Crippen LogP contribution is 2.20. The molecule has 0 aliphatic carbocycles. The smallest absolute Gasteiger partial charge is 0.123 e. The predicted octanol–water partition coefficient (Wildman–Crippen LogP) is 4.04. The van der Waals surface area contributed by atoms with Crippen LogP contribution in [0.3, 0.4) is 0 Å². The molecular formula is C14H13BrO2. The Morgan fingerprint density at radius 3 is 2.53 bits per heavy atom. The molecule has 2 nitrogen and oxygen atoms in total. The highest BCUT2D eigenvalue weighted by atomic mass is 79.9. The fraction of sp³-hybridized carbons (Fsp3) is 0.143. The molecule has 0 radical (unpaired) electrons. The van der Waals surface area contributed by atoms with Crippen molar-refractivity contribution in [3.63, 3.8) is 0 Å². The fourth-order valence-electron chi connectivity index (χ4n) is 1.48. The first-order valence-corrected chi connectivity index (χ1v) is 6.08. The lowest BCUT2D eigenvalue weighted by atomic mass is 10.2. The van der Waals surface area contributed by atoms with Crippen LogP contribution < -0.4 is 9.47 Å². The maximum Gasteiger partial charge on any atom is 0.123 e. The lowest BCUT2D eigenvalue weighted by Gasteiger charge is -2.07. The van der Waals surface area contributed by atoms with Crippen LogP contribution >= 0.6 is 15.9 Å². The van der Waals surface area contributed by atoms with Gasteiger partial charge in [0.25, 0.3) is 0 Å². The summed E-state index contributed by atoms with van der Waals surface area (Å²) >= 11 is 3.44. The lowest BCUT2D eigenvalue weighted by Crippen LogP contribution is -1.95. The van der Waals surface area contributed by atoms with Gasteiger partial charge in [-0.15, -0.1) is 0 Å². The Kier molecular flexibility index (Phi) is 4.04. The van der Waals surface area contributed by atoms with Gasteiger partial charge < -0.3 is 9.47 Å². The van der Waals surface area contributed by atoms with Crippen LogP contribution in [-0.4, -0.2) is 7.11 Å². The van der Waals surface area contributed by atoms with Crippen molar-refractivity contribution in [2.75, 3.05) is 7.11 Å². The number of hydrogen-bond donors (Lipinski definition) is 0. The second-order valence-corrected chi connectivity index (χ2v) is 4.51. The molecule has 88 valence electrons. The van der Waals surface area contributed by atoms with Crippen LogP contribution in [0.1, 0.15) is 5.56 Å². The zero-order valence-corrected chi connectivity index (χ0v) is 11.1. The molecule has 0 spiro atoms. The summed E-state index contributed by atoms with van der Waals surface area (Å²) < 4.78 is 11.9. The van der Waals surface area contributed by atoms with Crippen molar-refractivity contribution < 1.29 is 9.47 Å². The minimum atomic E-state index is 0.548. The number of ether oxygens (including phenoxy) is 2. The molecule has 2 rings (SSSR count). The van der Waals surface area contributed by atoms with Crippen LogP contribution in [0, 0.1) is 0 Å². The quantitative estimate of drug-likeness (QED) is 0.847. The third-order valence-corrected chi connectivity index (χ3v) is 2.83. The molecular weight excluding hydrogens is 280 g/mol. The molecule has 17 heavy (non-hydrogen) atoms. The second kappa shape index (κ2) is 5.73. The summed E-state index contributed by atoms with van der Waals surface area (Å²) in [5, 5.41) is 0. The van der Waals surface area contributed by atoms with Gasteiger partial charge in [0.2, 0.25) is 0 Å². The predicted molar refractivity (Wildman–Crippen MR) is 71.5 cm³/mol. The first kappa shape index (κ1) is 12.0. The summed E-state index contributed by atoms with van der Waals surface area (Å²) in [6, 6.07) is 15.7. The summed E-state index contributed by atoms with van der Waals surface area (Å²) in [5.41, 5.74) is 1.13. The molecule has 0 N–H and O–H groups in total. The molecule has 0 saturated carbocycles. The van der Waals surface area contributed by atoms with Gasteiger partial charge in [-0.2, -0.15) is 0 Å². The Bertz CT molecular complexity index is 497. The van der Waals surface area contributed by atoms with Gasteiger partial charge in [-0.1, -0.05) is 34.1 Å². The molecule has 0 aliphatic rings. The largest absolute Gasteiger partial charge is 0.497 e. The van der Waals surface area contributed by atoms with E-state index in [1.165, 1.54) is 0 Å². The Hall–Kier alpha value is -1.48. The van der Waals surface area contributed by atoms with Crippen LogP contribution in [0.4, 0.5) is 0 Å². The zero-order valence-electron chi connectivity index (χ0n) is 9.52. The van der Waals surface area contributed by atoms with Gasteiger partial charge >= 0.3 is 0 Å². The van der Waals surface area contributed by atoms with Crippen LogP contribution in [-0.2, 0) is 6.61 Å². The molecule has 0 heterocycles. The van der Waals surface area contributed by atoms with Crippen molar-refractivity contribution in [3.8, 4) is 11.5 Å². The van der Waals surface area contributed by atoms with Gasteiger partial charge in [-0.05, 0) is 29.8 Å².